The van der Waals surface area contributed by atoms with E-state index in [4.69, 9.17) is 15.5 Å². The van der Waals surface area contributed by atoms with Crippen LogP contribution in [-0.2, 0) is 15.4 Å². The number of unbranched alkanes of at least 4 members (excludes halogenated alkanes) is 1. The van der Waals surface area contributed by atoms with Gasteiger partial charge in [-0.15, -0.1) is 0 Å². The molecule has 0 saturated heterocycles. The van der Waals surface area contributed by atoms with Crippen LogP contribution in [0, 0.1) is 0 Å². The highest BCUT2D eigenvalue weighted by molar-refractivity contribution is 7.84. The van der Waals surface area contributed by atoms with Gasteiger partial charge in [-0.05, 0) is 12.8 Å². The van der Waals surface area contributed by atoms with E-state index >= 15 is 0 Å². The molecule has 0 saturated carbocycles. The number of nitrogens with two attached hydrogens (primary N) is 1. The predicted octanol–water partition coefficient (Wildman–Crippen LogP) is 0.388. The molecule has 86 valence electrons. The Morgan fingerprint density at radius 2 is 2.00 bits per heavy atom. The van der Waals surface area contributed by atoms with E-state index in [9.17, 15) is 8.77 Å². The van der Waals surface area contributed by atoms with E-state index in [0.29, 0.717) is 5.75 Å². The maximum Gasteiger partial charge on any atom is 0.342 e. The summed E-state index contributed by atoms with van der Waals surface area (Å²) in [4.78, 5) is 17.3. The Kier molecular flexibility index (Phi) is 6.81. The Hall–Kier alpha value is 0.260. The van der Waals surface area contributed by atoms with E-state index in [1.54, 1.807) is 0 Å². The molecule has 0 rings (SSSR count). The lowest BCUT2D eigenvalue weighted by molar-refractivity contribution is 0.357. The van der Waals surface area contributed by atoms with Crippen LogP contribution in [0.25, 0.3) is 0 Å². The minimum Gasteiger partial charge on any atom is -0.323 e. The third-order valence-corrected chi connectivity index (χ3v) is 4.36. The fraction of sp³-hybridized carbons (Fsp3) is 1.00. The molecule has 0 aromatic heterocycles. The van der Waals surface area contributed by atoms with Crippen molar-refractivity contribution in [1.82, 2.24) is 0 Å². The molecule has 14 heavy (non-hydrogen) atoms. The highest BCUT2D eigenvalue weighted by Crippen LogP contribution is 2.39. The molecule has 0 aliphatic heterocycles. The van der Waals surface area contributed by atoms with Gasteiger partial charge in [0.05, 0.1) is 0 Å². The number of hydrogen-bond donors (Lipinski definition) is 3. The van der Waals surface area contributed by atoms with Crippen molar-refractivity contribution in [3.8, 4) is 0 Å². The second kappa shape index (κ2) is 6.69. The second-order valence-corrected chi connectivity index (χ2v) is 6.68. The zero-order chi connectivity index (χ0) is 11.2. The lowest BCUT2D eigenvalue weighted by atomic mass is 10.4. The Labute approximate surface area is 86.7 Å². The van der Waals surface area contributed by atoms with E-state index < -0.39 is 24.2 Å². The summed E-state index contributed by atoms with van der Waals surface area (Å²) < 4.78 is 21.9. The van der Waals surface area contributed by atoms with E-state index in [0.717, 1.165) is 12.8 Å². The van der Waals surface area contributed by atoms with Gasteiger partial charge in [-0.1, -0.05) is 13.3 Å². The summed E-state index contributed by atoms with van der Waals surface area (Å²) in [5.74, 6) is -0.315. The molecule has 0 aliphatic carbocycles. The summed E-state index contributed by atoms with van der Waals surface area (Å²) in [5.41, 5.74) is 5.23. The van der Waals surface area contributed by atoms with Crippen LogP contribution in [0.4, 0.5) is 0 Å². The van der Waals surface area contributed by atoms with Gasteiger partial charge < -0.3 is 15.5 Å². The molecule has 0 heterocycles. The fourth-order valence-corrected chi connectivity index (χ4v) is 2.80. The first-order valence-corrected chi connectivity index (χ1v) is 7.70. The first-order chi connectivity index (χ1) is 6.38. The van der Waals surface area contributed by atoms with Crippen LogP contribution in [0.1, 0.15) is 26.2 Å². The molecule has 0 bridgehead atoms. The molecule has 0 fully saturated rings. The summed E-state index contributed by atoms with van der Waals surface area (Å²) in [5, 5.41) is 0. The van der Waals surface area contributed by atoms with Gasteiger partial charge in [0, 0.05) is 22.3 Å². The fourth-order valence-electron chi connectivity index (χ4n) is 0.828. The number of rotatable bonds is 7. The zero-order valence-corrected chi connectivity index (χ0v) is 9.97. The molecule has 0 spiro atoms. The van der Waals surface area contributed by atoms with Crippen molar-refractivity contribution in [1.29, 1.82) is 0 Å². The van der Waals surface area contributed by atoms with Gasteiger partial charge in [0.2, 0.25) is 0 Å². The Morgan fingerprint density at radius 3 is 2.43 bits per heavy atom. The molecular formula is C7H18NO4PS. The maximum absolute atomic E-state index is 11.2. The molecule has 5 nitrogen and oxygen atoms in total. The van der Waals surface area contributed by atoms with Gasteiger partial charge >= 0.3 is 7.60 Å². The monoisotopic (exact) mass is 243 g/mol. The van der Waals surface area contributed by atoms with Crippen LogP contribution in [0.5, 0.6) is 0 Å². The Morgan fingerprint density at radius 1 is 1.43 bits per heavy atom. The quantitative estimate of drug-likeness (QED) is 0.561. The molecule has 2 atom stereocenters. The molecular weight excluding hydrogens is 225 g/mol. The summed E-state index contributed by atoms with van der Waals surface area (Å²) in [6.07, 6.45) is 1.95. The molecule has 4 N–H and O–H groups in total. The van der Waals surface area contributed by atoms with Crippen molar-refractivity contribution in [2.75, 3.05) is 11.5 Å². The van der Waals surface area contributed by atoms with Gasteiger partial charge in [-0.2, -0.15) is 0 Å². The van der Waals surface area contributed by atoms with E-state index in [1.807, 2.05) is 6.92 Å². The van der Waals surface area contributed by atoms with Gasteiger partial charge in [0.25, 0.3) is 0 Å². The van der Waals surface area contributed by atoms with Crippen LogP contribution in [-0.4, -0.2) is 31.3 Å². The average Bonchev–Trinajstić information content (AvgIpc) is 2.09. The third kappa shape index (κ3) is 6.68. The molecule has 0 aromatic rings. The SMILES string of the molecule is CCCC[S@](=O)CC[C@H](N)P(=O)(O)O. The minimum atomic E-state index is -4.20. The van der Waals surface area contributed by atoms with Gasteiger partial charge in [0.15, 0.2) is 0 Å². The molecule has 0 unspecified atom stereocenters. The standard InChI is InChI=1S/C7H18NO4PS/c1-2-3-5-14(12)6-4-7(8)13(9,10)11/h7H,2-6,8H2,1H3,(H2,9,10,11)/t7-,14+/m1/s1. The van der Waals surface area contributed by atoms with E-state index in [-0.39, 0.29) is 12.2 Å². The lowest BCUT2D eigenvalue weighted by Gasteiger charge is -2.12. The molecule has 0 aliphatic rings. The topological polar surface area (TPSA) is 101 Å². The Balaban J connectivity index is 3.72. The van der Waals surface area contributed by atoms with Crippen LogP contribution in [0.15, 0.2) is 0 Å². The van der Waals surface area contributed by atoms with Crippen molar-refractivity contribution in [3.63, 3.8) is 0 Å². The summed E-state index contributed by atoms with van der Waals surface area (Å²) in [6, 6.07) is 0. The first kappa shape index (κ1) is 14.3. The third-order valence-electron chi connectivity index (χ3n) is 1.80. The second-order valence-electron chi connectivity index (χ2n) is 3.15. The summed E-state index contributed by atoms with van der Waals surface area (Å²) in [7, 11) is -5.19. The first-order valence-electron chi connectivity index (χ1n) is 4.53. The van der Waals surface area contributed by atoms with Crippen LogP contribution >= 0.6 is 7.60 Å². The summed E-state index contributed by atoms with van der Waals surface area (Å²) in [6.45, 7) is 2.00. The van der Waals surface area contributed by atoms with Crippen LogP contribution in [0.3, 0.4) is 0 Å². The van der Waals surface area contributed by atoms with Crippen molar-refractivity contribution >= 4 is 18.4 Å². The maximum atomic E-state index is 11.2. The highest BCUT2D eigenvalue weighted by Gasteiger charge is 2.24. The minimum absolute atomic E-state index is 0.112. The summed E-state index contributed by atoms with van der Waals surface area (Å²) >= 11 is 0. The zero-order valence-electron chi connectivity index (χ0n) is 8.26. The van der Waals surface area contributed by atoms with Gasteiger partial charge in [-0.3, -0.25) is 8.77 Å². The van der Waals surface area contributed by atoms with E-state index in [2.05, 4.69) is 0 Å². The van der Waals surface area contributed by atoms with Crippen LogP contribution < -0.4 is 5.73 Å². The smallest absolute Gasteiger partial charge is 0.323 e. The predicted molar refractivity (Wildman–Crippen MR) is 57.4 cm³/mol. The van der Waals surface area contributed by atoms with Crippen molar-refractivity contribution < 1.29 is 18.6 Å². The van der Waals surface area contributed by atoms with Gasteiger partial charge in [0.1, 0.15) is 5.78 Å². The molecule has 0 aromatic carbocycles. The molecule has 0 radical (unpaired) electrons. The van der Waals surface area contributed by atoms with Crippen molar-refractivity contribution in [2.45, 2.75) is 32.0 Å². The largest absolute Gasteiger partial charge is 0.342 e. The molecule has 7 heteroatoms. The van der Waals surface area contributed by atoms with Crippen LogP contribution in [0.2, 0.25) is 0 Å². The van der Waals surface area contributed by atoms with Crippen molar-refractivity contribution in [2.24, 2.45) is 5.73 Å². The molecule has 0 amide bonds. The normalized spacial score (nSPS) is 16.6. The lowest BCUT2D eigenvalue weighted by Crippen LogP contribution is -2.22. The van der Waals surface area contributed by atoms with Crippen molar-refractivity contribution in [3.05, 3.63) is 0 Å². The average molecular weight is 243 g/mol. The van der Waals surface area contributed by atoms with Gasteiger partial charge in [-0.25, -0.2) is 0 Å². The van der Waals surface area contributed by atoms with E-state index in [1.165, 1.54) is 0 Å². The number of hydrogen-bond acceptors (Lipinski definition) is 3. The highest BCUT2D eigenvalue weighted by atomic mass is 32.2. The Bertz CT molecular complexity index is 230.